The summed E-state index contributed by atoms with van der Waals surface area (Å²) in [4.78, 5) is 15.0. The van der Waals surface area contributed by atoms with Gasteiger partial charge in [-0.15, -0.1) is 0 Å². The molecule has 2 aliphatic heterocycles. The fourth-order valence-corrected chi connectivity index (χ4v) is 4.49. The van der Waals surface area contributed by atoms with Crippen LogP contribution < -0.4 is 10.6 Å². The second-order valence-corrected chi connectivity index (χ2v) is 8.14. The molecule has 0 bridgehead atoms. The fourth-order valence-electron chi connectivity index (χ4n) is 4.49. The Bertz CT molecular complexity index is 583. The van der Waals surface area contributed by atoms with Crippen LogP contribution in [0.2, 0.25) is 0 Å². The molecule has 2 N–H and O–H groups in total. The van der Waals surface area contributed by atoms with Crippen molar-refractivity contribution in [2.24, 2.45) is 11.8 Å². The first-order valence-corrected chi connectivity index (χ1v) is 10.5. The normalized spacial score (nSPS) is 23.1. The Morgan fingerprint density at radius 1 is 1.35 bits per heavy atom. The number of rotatable bonds is 7. The van der Waals surface area contributed by atoms with E-state index in [0.717, 1.165) is 45.6 Å². The van der Waals surface area contributed by atoms with Crippen molar-refractivity contribution in [1.29, 1.82) is 0 Å². The van der Waals surface area contributed by atoms with Crippen LogP contribution >= 0.6 is 0 Å². The minimum atomic E-state index is 0.221. The third-order valence-corrected chi connectivity index (χ3v) is 6.33. The molecule has 4 nitrogen and oxygen atoms in total. The van der Waals surface area contributed by atoms with E-state index in [-0.39, 0.29) is 5.91 Å². The predicted molar refractivity (Wildman–Crippen MR) is 107 cm³/mol. The summed E-state index contributed by atoms with van der Waals surface area (Å²) in [5, 5.41) is 6.69. The molecule has 0 aliphatic carbocycles. The van der Waals surface area contributed by atoms with Gasteiger partial charge in [-0.3, -0.25) is 9.69 Å². The molecule has 4 heteroatoms. The van der Waals surface area contributed by atoms with Gasteiger partial charge in [0.25, 0.3) is 0 Å². The molecule has 1 amide bonds. The standard InChI is InChI=1S/C22H35N3O/c1-3-21(25-12-10-18-7-4-5-8-20(18)16-25)15-24-22(26)13-17(2)19-9-6-11-23-14-19/h4-5,7-8,17,19,21,23H,3,6,9-16H2,1-2H3,(H,24,26). The Labute approximate surface area is 158 Å². The zero-order valence-corrected chi connectivity index (χ0v) is 16.5. The summed E-state index contributed by atoms with van der Waals surface area (Å²) >= 11 is 0. The van der Waals surface area contributed by atoms with Crippen LogP contribution in [0.5, 0.6) is 0 Å². The van der Waals surface area contributed by atoms with Crippen molar-refractivity contribution < 1.29 is 4.79 Å². The molecule has 2 heterocycles. The number of piperidine rings is 1. The summed E-state index contributed by atoms with van der Waals surface area (Å²) in [5.41, 5.74) is 2.93. The summed E-state index contributed by atoms with van der Waals surface area (Å²) in [5.74, 6) is 1.33. The number of nitrogens with one attached hydrogen (secondary N) is 2. The van der Waals surface area contributed by atoms with Gasteiger partial charge in [0.15, 0.2) is 0 Å². The molecule has 2 aliphatic rings. The largest absolute Gasteiger partial charge is 0.355 e. The second kappa shape index (κ2) is 9.52. The van der Waals surface area contributed by atoms with E-state index < -0.39 is 0 Å². The van der Waals surface area contributed by atoms with Gasteiger partial charge in [-0.25, -0.2) is 0 Å². The lowest BCUT2D eigenvalue weighted by atomic mass is 9.85. The number of amides is 1. The molecule has 0 radical (unpaired) electrons. The minimum absolute atomic E-state index is 0.221. The number of hydrogen-bond donors (Lipinski definition) is 2. The first kappa shape index (κ1) is 19.4. The summed E-state index contributed by atoms with van der Waals surface area (Å²) in [6, 6.07) is 9.18. The average Bonchev–Trinajstić information content (AvgIpc) is 2.69. The summed E-state index contributed by atoms with van der Waals surface area (Å²) < 4.78 is 0. The Morgan fingerprint density at radius 2 is 2.15 bits per heavy atom. The molecular weight excluding hydrogens is 322 g/mol. The number of hydrogen-bond acceptors (Lipinski definition) is 3. The van der Waals surface area contributed by atoms with Gasteiger partial charge in [0.05, 0.1) is 0 Å². The zero-order chi connectivity index (χ0) is 18.4. The molecule has 1 fully saturated rings. The second-order valence-electron chi connectivity index (χ2n) is 8.14. The van der Waals surface area contributed by atoms with Crippen LogP contribution in [0.3, 0.4) is 0 Å². The van der Waals surface area contributed by atoms with Crippen LogP contribution in [0.1, 0.15) is 50.7 Å². The SMILES string of the molecule is CCC(CNC(=O)CC(C)C1CCCNC1)N1CCc2ccccc2C1. The molecule has 144 valence electrons. The van der Waals surface area contributed by atoms with Crippen molar-refractivity contribution in [1.82, 2.24) is 15.5 Å². The Kier molecular flexibility index (Phi) is 7.09. The smallest absolute Gasteiger partial charge is 0.220 e. The predicted octanol–water partition coefficient (Wildman–Crippen LogP) is 2.97. The van der Waals surface area contributed by atoms with E-state index in [1.165, 1.54) is 24.0 Å². The van der Waals surface area contributed by atoms with Gasteiger partial charge in [-0.05, 0) is 61.7 Å². The molecule has 0 spiro atoms. The van der Waals surface area contributed by atoms with Crippen LogP contribution in [-0.2, 0) is 17.8 Å². The maximum Gasteiger partial charge on any atom is 0.220 e. The Balaban J connectivity index is 1.45. The highest BCUT2D eigenvalue weighted by Gasteiger charge is 2.24. The quantitative estimate of drug-likeness (QED) is 0.788. The van der Waals surface area contributed by atoms with Crippen molar-refractivity contribution >= 4 is 5.91 Å². The zero-order valence-electron chi connectivity index (χ0n) is 16.5. The molecule has 0 saturated carbocycles. The lowest BCUT2D eigenvalue weighted by molar-refractivity contribution is -0.122. The van der Waals surface area contributed by atoms with Crippen LogP contribution in [0.4, 0.5) is 0 Å². The summed E-state index contributed by atoms with van der Waals surface area (Å²) in [7, 11) is 0. The lowest BCUT2D eigenvalue weighted by Crippen LogP contribution is -2.46. The van der Waals surface area contributed by atoms with Crippen LogP contribution in [-0.4, -0.2) is 43.0 Å². The van der Waals surface area contributed by atoms with Gasteiger partial charge in [0.1, 0.15) is 0 Å². The molecule has 3 rings (SSSR count). The van der Waals surface area contributed by atoms with Gasteiger partial charge in [-0.2, -0.15) is 0 Å². The van der Waals surface area contributed by atoms with E-state index in [0.29, 0.717) is 24.3 Å². The summed E-state index contributed by atoms with van der Waals surface area (Å²) in [6.45, 7) is 9.53. The third-order valence-electron chi connectivity index (χ3n) is 6.33. The van der Waals surface area contributed by atoms with E-state index >= 15 is 0 Å². The molecule has 1 saturated heterocycles. The first-order valence-electron chi connectivity index (χ1n) is 10.5. The van der Waals surface area contributed by atoms with Crippen molar-refractivity contribution in [3.8, 4) is 0 Å². The van der Waals surface area contributed by atoms with E-state index in [2.05, 4.69) is 53.6 Å². The molecule has 3 atom stereocenters. The van der Waals surface area contributed by atoms with Crippen molar-refractivity contribution in [3.05, 3.63) is 35.4 Å². The highest BCUT2D eigenvalue weighted by atomic mass is 16.1. The van der Waals surface area contributed by atoms with Crippen LogP contribution in [0.15, 0.2) is 24.3 Å². The van der Waals surface area contributed by atoms with Gasteiger partial charge < -0.3 is 10.6 Å². The van der Waals surface area contributed by atoms with Gasteiger partial charge in [-0.1, -0.05) is 38.1 Å². The highest BCUT2D eigenvalue weighted by molar-refractivity contribution is 5.76. The average molecular weight is 358 g/mol. The Hall–Kier alpha value is -1.39. The minimum Gasteiger partial charge on any atom is -0.355 e. The molecule has 1 aromatic carbocycles. The van der Waals surface area contributed by atoms with Crippen molar-refractivity contribution in [2.75, 3.05) is 26.2 Å². The molecule has 3 unspecified atom stereocenters. The van der Waals surface area contributed by atoms with Gasteiger partial charge in [0, 0.05) is 32.1 Å². The number of carbonyl (C=O) groups excluding carboxylic acids is 1. The van der Waals surface area contributed by atoms with Crippen LogP contribution in [0, 0.1) is 11.8 Å². The maximum absolute atomic E-state index is 12.4. The van der Waals surface area contributed by atoms with Crippen LogP contribution in [0.25, 0.3) is 0 Å². The highest BCUT2D eigenvalue weighted by Crippen LogP contribution is 2.23. The monoisotopic (exact) mass is 357 g/mol. The fraction of sp³-hybridized carbons (Fsp3) is 0.682. The first-order chi connectivity index (χ1) is 12.7. The van der Waals surface area contributed by atoms with Crippen molar-refractivity contribution in [2.45, 2.75) is 58.5 Å². The van der Waals surface area contributed by atoms with Gasteiger partial charge in [0.2, 0.25) is 5.91 Å². The number of nitrogens with zero attached hydrogens (tertiary/aromatic N) is 1. The molecule has 0 aromatic heterocycles. The molecular formula is C22H35N3O. The van der Waals surface area contributed by atoms with E-state index in [1.807, 2.05) is 0 Å². The molecule has 1 aromatic rings. The number of benzene rings is 1. The van der Waals surface area contributed by atoms with Gasteiger partial charge >= 0.3 is 0 Å². The summed E-state index contributed by atoms with van der Waals surface area (Å²) in [6.07, 6.45) is 5.35. The van der Waals surface area contributed by atoms with E-state index in [4.69, 9.17) is 0 Å². The Morgan fingerprint density at radius 3 is 2.88 bits per heavy atom. The third kappa shape index (κ3) is 5.08. The maximum atomic E-state index is 12.4. The number of fused-ring (bicyclic) bond motifs is 1. The lowest BCUT2D eigenvalue weighted by Gasteiger charge is -2.35. The van der Waals surface area contributed by atoms with E-state index in [9.17, 15) is 4.79 Å². The van der Waals surface area contributed by atoms with E-state index in [1.54, 1.807) is 0 Å². The van der Waals surface area contributed by atoms with Crippen molar-refractivity contribution in [3.63, 3.8) is 0 Å². The topological polar surface area (TPSA) is 44.4 Å². The number of carbonyl (C=O) groups is 1. The molecule has 26 heavy (non-hydrogen) atoms.